The smallest absolute Gasteiger partial charge is 0.309 e. The predicted octanol–water partition coefficient (Wildman–Crippen LogP) is 4.83. The lowest BCUT2D eigenvalue weighted by atomic mass is 9.87. The molecule has 0 aliphatic heterocycles. The van der Waals surface area contributed by atoms with Gasteiger partial charge in [0.05, 0.1) is 13.0 Å². The molecule has 0 spiro atoms. The zero-order chi connectivity index (χ0) is 19.2. The molecule has 0 bridgehead atoms. The number of halogens is 1. The summed E-state index contributed by atoms with van der Waals surface area (Å²) in [6.45, 7) is 6.31. The first-order chi connectivity index (χ1) is 12.3. The molecule has 0 unspecified atom stereocenters. The third-order valence-corrected chi connectivity index (χ3v) is 4.04. The maximum Gasteiger partial charge on any atom is 0.309 e. The number of ether oxygens (including phenoxy) is 2. The molecular weight excluding hydrogens is 352 g/mol. The first-order valence-corrected chi connectivity index (χ1v) is 8.81. The van der Waals surface area contributed by atoms with Gasteiger partial charge in [-0.2, -0.15) is 0 Å². The minimum atomic E-state index is -0.480. The second kappa shape index (κ2) is 8.86. The predicted molar refractivity (Wildman–Crippen MR) is 102 cm³/mol. The van der Waals surface area contributed by atoms with Crippen LogP contribution in [0.15, 0.2) is 48.5 Å². The molecule has 0 N–H and O–H groups in total. The van der Waals surface area contributed by atoms with E-state index in [2.05, 4.69) is 20.8 Å². The fraction of sp³-hybridized carbons (Fsp3) is 0.333. The summed E-state index contributed by atoms with van der Waals surface area (Å²) in [6.07, 6.45) is 0.0733. The Morgan fingerprint density at radius 1 is 1.04 bits per heavy atom. The van der Waals surface area contributed by atoms with E-state index in [9.17, 15) is 9.59 Å². The van der Waals surface area contributed by atoms with Crippen molar-refractivity contribution in [3.05, 3.63) is 64.7 Å². The number of Topliss-reactive ketones (excluding diaryl/α,β-unsaturated/α-hetero) is 1. The highest BCUT2D eigenvalue weighted by Gasteiger charge is 2.13. The number of hydrogen-bond donors (Lipinski definition) is 0. The lowest BCUT2D eigenvalue weighted by molar-refractivity contribution is -0.143. The van der Waals surface area contributed by atoms with Crippen LogP contribution in [0.4, 0.5) is 0 Å². The topological polar surface area (TPSA) is 52.6 Å². The highest BCUT2D eigenvalue weighted by molar-refractivity contribution is 6.31. The lowest BCUT2D eigenvalue weighted by Gasteiger charge is -2.19. The molecule has 26 heavy (non-hydrogen) atoms. The van der Waals surface area contributed by atoms with Gasteiger partial charge in [-0.05, 0) is 35.2 Å². The molecule has 138 valence electrons. The van der Waals surface area contributed by atoms with Gasteiger partial charge in [-0.3, -0.25) is 9.59 Å². The van der Waals surface area contributed by atoms with E-state index in [1.54, 1.807) is 24.3 Å². The summed E-state index contributed by atoms with van der Waals surface area (Å²) in [5.41, 5.74) is 1.71. The molecule has 0 radical (unpaired) electrons. The van der Waals surface area contributed by atoms with Gasteiger partial charge in [0.1, 0.15) is 5.75 Å². The summed E-state index contributed by atoms with van der Waals surface area (Å²) in [5.74, 6) is -0.0768. The van der Waals surface area contributed by atoms with Gasteiger partial charge in [0.2, 0.25) is 0 Å². The van der Waals surface area contributed by atoms with E-state index in [1.807, 2.05) is 24.3 Å². The number of rotatable bonds is 7. The molecule has 0 aliphatic carbocycles. The number of benzene rings is 2. The van der Waals surface area contributed by atoms with E-state index >= 15 is 0 Å². The molecule has 0 saturated carbocycles. The Hall–Kier alpha value is -2.33. The molecule has 0 heterocycles. The molecule has 2 aromatic rings. The molecule has 0 aromatic heterocycles. The molecule has 0 saturated heterocycles. The first kappa shape index (κ1) is 20.0. The van der Waals surface area contributed by atoms with E-state index in [0.29, 0.717) is 16.3 Å². The van der Waals surface area contributed by atoms with Crippen LogP contribution in [0.3, 0.4) is 0 Å². The molecule has 0 amide bonds. The van der Waals surface area contributed by atoms with Crippen LogP contribution < -0.4 is 4.74 Å². The van der Waals surface area contributed by atoms with Crippen molar-refractivity contribution >= 4 is 23.4 Å². The largest absolute Gasteiger partial charge is 0.493 e. The number of ketones is 1. The molecular formula is C21H23ClO4. The van der Waals surface area contributed by atoms with Crippen molar-refractivity contribution in [1.82, 2.24) is 0 Å². The van der Waals surface area contributed by atoms with Crippen LogP contribution >= 0.6 is 11.6 Å². The van der Waals surface area contributed by atoms with Gasteiger partial charge in [0, 0.05) is 10.6 Å². The van der Waals surface area contributed by atoms with E-state index < -0.39 is 5.97 Å². The van der Waals surface area contributed by atoms with E-state index in [4.69, 9.17) is 21.1 Å². The molecule has 2 aromatic carbocycles. The Labute approximate surface area is 159 Å². The van der Waals surface area contributed by atoms with E-state index in [-0.39, 0.29) is 30.8 Å². The third-order valence-electron chi connectivity index (χ3n) is 3.81. The van der Waals surface area contributed by atoms with Crippen molar-refractivity contribution in [1.29, 1.82) is 0 Å². The Kier molecular flexibility index (Phi) is 6.81. The van der Waals surface area contributed by atoms with Gasteiger partial charge >= 0.3 is 5.97 Å². The van der Waals surface area contributed by atoms with Crippen LogP contribution in [-0.2, 0) is 14.9 Å². The van der Waals surface area contributed by atoms with Crippen LogP contribution in [0.5, 0.6) is 5.75 Å². The van der Waals surface area contributed by atoms with Crippen LogP contribution in [0, 0.1) is 0 Å². The minimum Gasteiger partial charge on any atom is -0.493 e. The summed E-state index contributed by atoms with van der Waals surface area (Å²) in [5, 5.41) is 0.466. The fourth-order valence-electron chi connectivity index (χ4n) is 2.27. The molecule has 2 rings (SSSR count). The van der Waals surface area contributed by atoms with Crippen LogP contribution in [0.2, 0.25) is 5.02 Å². The Balaban J connectivity index is 1.73. The quantitative estimate of drug-likeness (QED) is 0.514. The van der Waals surface area contributed by atoms with Gasteiger partial charge in [-0.1, -0.05) is 56.6 Å². The summed E-state index contributed by atoms with van der Waals surface area (Å²) in [7, 11) is 0. The minimum absolute atomic E-state index is 0.0733. The third kappa shape index (κ3) is 6.19. The van der Waals surface area contributed by atoms with Crippen molar-refractivity contribution in [2.45, 2.75) is 32.6 Å². The van der Waals surface area contributed by atoms with Crippen LogP contribution in [0.1, 0.15) is 43.1 Å². The zero-order valence-electron chi connectivity index (χ0n) is 15.3. The second-order valence-corrected chi connectivity index (χ2v) is 7.40. The van der Waals surface area contributed by atoms with Crippen molar-refractivity contribution in [2.24, 2.45) is 0 Å². The van der Waals surface area contributed by atoms with Gasteiger partial charge < -0.3 is 9.47 Å². The van der Waals surface area contributed by atoms with Crippen LogP contribution in [0.25, 0.3) is 0 Å². The van der Waals surface area contributed by atoms with Crippen molar-refractivity contribution in [3.63, 3.8) is 0 Å². The fourth-order valence-corrected chi connectivity index (χ4v) is 2.46. The highest BCUT2D eigenvalue weighted by Crippen LogP contribution is 2.24. The average molecular weight is 375 g/mol. The standard InChI is InChI=1S/C21H23ClO4/c1-21(2,3)16-7-9-18(10-8-16)25-12-11-20(24)26-14-19(23)15-5-4-6-17(22)13-15/h4-10,13H,11-12,14H2,1-3H3. The molecule has 0 fully saturated rings. The number of carbonyl (C=O) groups excluding carboxylic acids is 2. The normalized spacial score (nSPS) is 11.1. The molecule has 0 atom stereocenters. The summed E-state index contributed by atoms with van der Waals surface area (Å²) >= 11 is 5.84. The maximum atomic E-state index is 11.9. The Bertz CT molecular complexity index is 760. The van der Waals surface area contributed by atoms with Crippen molar-refractivity contribution in [3.8, 4) is 5.75 Å². The van der Waals surface area contributed by atoms with Gasteiger partial charge in [0.15, 0.2) is 12.4 Å². The highest BCUT2D eigenvalue weighted by atomic mass is 35.5. The van der Waals surface area contributed by atoms with E-state index in [0.717, 1.165) is 0 Å². The summed E-state index contributed by atoms with van der Waals surface area (Å²) < 4.78 is 10.5. The number of esters is 1. The van der Waals surface area contributed by atoms with Crippen molar-refractivity contribution < 1.29 is 19.1 Å². The summed E-state index contributed by atoms with van der Waals surface area (Å²) in [6, 6.07) is 14.3. The Morgan fingerprint density at radius 2 is 1.73 bits per heavy atom. The number of hydrogen-bond acceptors (Lipinski definition) is 4. The maximum absolute atomic E-state index is 11.9. The Morgan fingerprint density at radius 3 is 2.35 bits per heavy atom. The SMILES string of the molecule is CC(C)(C)c1ccc(OCCC(=O)OCC(=O)c2cccc(Cl)c2)cc1. The van der Waals surface area contributed by atoms with Gasteiger partial charge in [-0.25, -0.2) is 0 Å². The lowest BCUT2D eigenvalue weighted by Crippen LogP contribution is -2.16. The molecule has 5 heteroatoms. The summed E-state index contributed by atoms with van der Waals surface area (Å²) in [4.78, 5) is 23.7. The van der Waals surface area contributed by atoms with Gasteiger partial charge in [0.25, 0.3) is 0 Å². The van der Waals surface area contributed by atoms with E-state index in [1.165, 1.54) is 5.56 Å². The first-order valence-electron chi connectivity index (χ1n) is 8.43. The van der Waals surface area contributed by atoms with Crippen LogP contribution in [-0.4, -0.2) is 25.0 Å². The zero-order valence-corrected chi connectivity index (χ0v) is 16.0. The average Bonchev–Trinajstić information content (AvgIpc) is 2.59. The molecule has 0 aliphatic rings. The second-order valence-electron chi connectivity index (χ2n) is 6.97. The van der Waals surface area contributed by atoms with Crippen molar-refractivity contribution in [2.75, 3.05) is 13.2 Å². The van der Waals surface area contributed by atoms with Gasteiger partial charge in [-0.15, -0.1) is 0 Å². The number of carbonyl (C=O) groups is 2. The molecule has 4 nitrogen and oxygen atoms in total. The monoisotopic (exact) mass is 374 g/mol.